The molecule has 98 valence electrons. The molecule has 0 unspecified atom stereocenters. The van der Waals surface area contributed by atoms with Crippen molar-refractivity contribution < 1.29 is 9.72 Å². The van der Waals surface area contributed by atoms with E-state index < -0.39 is 4.92 Å². The van der Waals surface area contributed by atoms with Gasteiger partial charge < -0.3 is 15.3 Å². The molecule has 8 heteroatoms. The van der Waals surface area contributed by atoms with Crippen molar-refractivity contribution in [2.24, 2.45) is 0 Å². The fraction of sp³-hybridized carbons (Fsp3) is 0.273. The van der Waals surface area contributed by atoms with Gasteiger partial charge in [0.25, 0.3) is 7.41 Å². The van der Waals surface area contributed by atoms with Gasteiger partial charge in [-0.3, -0.25) is 10.1 Å². The van der Waals surface area contributed by atoms with Crippen molar-refractivity contribution >= 4 is 30.7 Å². The molecular formula is C11H13BN4O3. The van der Waals surface area contributed by atoms with Crippen molar-refractivity contribution in [1.82, 2.24) is 9.79 Å². The average molecular weight is 260 g/mol. The highest BCUT2D eigenvalue weighted by Gasteiger charge is 2.18. The molecule has 0 aromatic carbocycles. The third-order valence-electron chi connectivity index (χ3n) is 3.09. The van der Waals surface area contributed by atoms with E-state index in [4.69, 9.17) is 5.73 Å². The number of aromatic nitrogens is 1. The maximum Gasteiger partial charge on any atom is 0.311 e. The van der Waals surface area contributed by atoms with Gasteiger partial charge in [0.2, 0.25) is 5.82 Å². The Labute approximate surface area is 110 Å². The van der Waals surface area contributed by atoms with Crippen LogP contribution in [0.3, 0.4) is 0 Å². The van der Waals surface area contributed by atoms with Crippen LogP contribution in [-0.4, -0.2) is 41.4 Å². The minimum Gasteiger partial charge on any atom is -0.378 e. The molecule has 1 aliphatic rings. The summed E-state index contributed by atoms with van der Waals surface area (Å²) in [6, 6.07) is 1.45. The zero-order chi connectivity index (χ0) is 13.8. The Morgan fingerprint density at radius 1 is 1.58 bits per heavy atom. The second kappa shape index (κ2) is 5.62. The molecule has 0 saturated heterocycles. The Kier molecular flexibility index (Phi) is 3.91. The van der Waals surface area contributed by atoms with Crippen LogP contribution in [0.2, 0.25) is 0 Å². The van der Waals surface area contributed by atoms with E-state index >= 15 is 0 Å². The van der Waals surface area contributed by atoms with Crippen LogP contribution < -0.4 is 5.73 Å². The van der Waals surface area contributed by atoms with Crippen LogP contribution in [0, 0.1) is 10.1 Å². The molecule has 0 bridgehead atoms. The van der Waals surface area contributed by atoms with Crippen LogP contribution in [0.15, 0.2) is 18.3 Å². The predicted molar refractivity (Wildman–Crippen MR) is 73.4 cm³/mol. The number of hydrogen-bond acceptors (Lipinski definition) is 6. The van der Waals surface area contributed by atoms with E-state index in [1.807, 2.05) is 10.9 Å². The molecule has 1 aromatic heterocycles. The van der Waals surface area contributed by atoms with E-state index in [1.54, 1.807) is 6.20 Å². The van der Waals surface area contributed by atoms with Gasteiger partial charge in [-0.2, -0.15) is 0 Å². The number of rotatable bonds is 4. The van der Waals surface area contributed by atoms with Crippen LogP contribution in [0.4, 0.5) is 11.5 Å². The maximum absolute atomic E-state index is 10.8. The molecule has 2 heterocycles. The van der Waals surface area contributed by atoms with Gasteiger partial charge in [0.15, 0.2) is 0 Å². The van der Waals surface area contributed by atoms with Crippen molar-refractivity contribution in [3.05, 3.63) is 34.0 Å². The highest BCUT2D eigenvalue weighted by molar-refractivity contribution is 6.64. The Morgan fingerprint density at radius 2 is 2.37 bits per heavy atom. The monoisotopic (exact) mass is 260 g/mol. The zero-order valence-electron chi connectivity index (χ0n) is 10.3. The van der Waals surface area contributed by atoms with Gasteiger partial charge in [-0.15, -0.1) is 0 Å². The molecule has 0 spiro atoms. The summed E-state index contributed by atoms with van der Waals surface area (Å²) in [6.07, 6.45) is 5.11. The summed E-state index contributed by atoms with van der Waals surface area (Å²) in [4.78, 5) is 26.6. The molecule has 0 aliphatic carbocycles. The summed E-state index contributed by atoms with van der Waals surface area (Å²) in [7, 11) is 0.407. The molecule has 2 N–H and O–H groups in total. The van der Waals surface area contributed by atoms with Crippen LogP contribution in [0.25, 0.3) is 5.57 Å². The van der Waals surface area contributed by atoms with Gasteiger partial charge >= 0.3 is 5.69 Å². The number of nitrogens with two attached hydrogens (primary N) is 1. The highest BCUT2D eigenvalue weighted by atomic mass is 16.6. The van der Waals surface area contributed by atoms with E-state index in [0.717, 1.165) is 24.7 Å². The summed E-state index contributed by atoms with van der Waals surface area (Å²) in [5.41, 5.74) is 7.00. The topological polar surface area (TPSA) is 102 Å². The first-order chi connectivity index (χ1) is 9.11. The van der Waals surface area contributed by atoms with Crippen LogP contribution in [0.5, 0.6) is 0 Å². The quantitative estimate of drug-likeness (QED) is 0.359. The van der Waals surface area contributed by atoms with Crippen LogP contribution in [0.1, 0.15) is 12.0 Å². The molecule has 0 amide bonds. The van der Waals surface area contributed by atoms with Crippen molar-refractivity contribution in [3.63, 3.8) is 0 Å². The van der Waals surface area contributed by atoms with E-state index in [2.05, 4.69) is 4.98 Å². The molecule has 0 fully saturated rings. The van der Waals surface area contributed by atoms with E-state index in [1.165, 1.54) is 6.07 Å². The standard InChI is InChI=1S/C11H13BN4O3/c13-11-10(16(18)19)5-9(6-14-11)8-1-3-15(4-2-8)12-7-17/h1,5-7,12H,2-4H2,(H2,13,14). The smallest absolute Gasteiger partial charge is 0.311 e. The first-order valence-electron chi connectivity index (χ1n) is 5.87. The zero-order valence-corrected chi connectivity index (χ0v) is 10.3. The summed E-state index contributed by atoms with van der Waals surface area (Å²) in [5.74, 6) is -0.0762. The number of nitrogen functional groups attached to an aromatic ring is 1. The van der Waals surface area contributed by atoms with E-state index in [0.29, 0.717) is 19.5 Å². The number of anilines is 1. The third kappa shape index (κ3) is 2.97. The lowest BCUT2D eigenvalue weighted by Gasteiger charge is -2.24. The Hall–Kier alpha value is -2.22. The lowest BCUT2D eigenvalue weighted by molar-refractivity contribution is -0.384. The molecule has 2 rings (SSSR count). The molecule has 0 radical (unpaired) electrons. The second-order valence-electron chi connectivity index (χ2n) is 4.29. The first-order valence-corrected chi connectivity index (χ1v) is 5.87. The molecule has 19 heavy (non-hydrogen) atoms. The van der Waals surface area contributed by atoms with Crippen molar-refractivity contribution in [3.8, 4) is 0 Å². The Bertz CT molecular complexity index is 547. The normalized spacial score (nSPS) is 15.7. The predicted octanol–water partition coefficient (Wildman–Crippen LogP) is 0.203. The number of carbonyl (C=O) groups is 1. The fourth-order valence-electron chi connectivity index (χ4n) is 2.03. The summed E-state index contributed by atoms with van der Waals surface area (Å²) in [6.45, 7) is 1.41. The SMILES string of the molecule is Nc1ncc(C2=CCN(BC=O)CC2)cc1[N+](=O)[O-]. The van der Waals surface area contributed by atoms with Crippen molar-refractivity contribution in [2.45, 2.75) is 6.42 Å². The fourth-order valence-corrected chi connectivity index (χ4v) is 2.03. The highest BCUT2D eigenvalue weighted by Crippen LogP contribution is 2.27. The van der Waals surface area contributed by atoms with E-state index in [-0.39, 0.29) is 11.5 Å². The second-order valence-corrected chi connectivity index (χ2v) is 4.29. The summed E-state index contributed by atoms with van der Waals surface area (Å²) >= 11 is 0. The van der Waals surface area contributed by atoms with Gasteiger partial charge in [0, 0.05) is 24.4 Å². The van der Waals surface area contributed by atoms with Crippen molar-refractivity contribution in [2.75, 3.05) is 18.8 Å². The Morgan fingerprint density at radius 3 is 2.95 bits per heavy atom. The van der Waals surface area contributed by atoms with Gasteiger partial charge in [-0.1, -0.05) is 6.08 Å². The van der Waals surface area contributed by atoms with E-state index in [9.17, 15) is 14.9 Å². The van der Waals surface area contributed by atoms with Gasteiger partial charge in [-0.25, -0.2) is 4.98 Å². The van der Waals surface area contributed by atoms with Gasteiger partial charge in [0.1, 0.15) is 0 Å². The third-order valence-corrected chi connectivity index (χ3v) is 3.09. The average Bonchev–Trinajstić information content (AvgIpc) is 2.40. The molecule has 7 nitrogen and oxygen atoms in total. The summed E-state index contributed by atoms with van der Waals surface area (Å²) < 4.78 is 0. The van der Waals surface area contributed by atoms with Crippen LogP contribution >= 0.6 is 0 Å². The number of nitro groups is 1. The number of pyridine rings is 1. The molecule has 0 atom stereocenters. The number of carbonyl (C=O) groups excluding carboxylic acids is 1. The summed E-state index contributed by atoms with van der Waals surface area (Å²) in [5, 5.41) is 10.8. The molecule has 1 aromatic rings. The number of nitrogens with zero attached hydrogens (tertiary/aromatic N) is 3. The molecule has 0 saturated carbocycles. The molecule has 1 aliphatic heterocycles. The van der Waals surface area contributed by atoms with Gasteiger partial charge in [0.05, 0.1) is 11.1 Å². The number of hydrogen-bond donors (Lipinski definition) is 1. The minimum atomic E-state index is -0.534. The lowest BCUT2D eigenvalue weighted by atomic mass is 9.90. The maximum atomic E-state index is 10.8. The molecular weight excluding hydrogens is 247 g/mol. The van der Waals surface area contributed by atoms with Crippen LogP contribution in [-0.2, 0) is 4.79 Å². The largest absolute Gasteiger partial charge is 0.378 e. The first kappa shape index (κ1) is 13.2. The Balaban J connectivity index is 2.21. The minimum absolute atomic E-state index is 0.0762. The van der Waals surface area contributed by atoms with Crippen molar-refractivity contribution in [1.29, 1.82) is 0 Å². The lowest BCUT2D eigenvalue weighted by Crippen LogP contribution is -2.32. The van der Waals surface area contributed by atoms with Gasteiger partial charge in [-0.05, 0) is 18.5 Å².